The Labute approximate surface area is 164 Å². The molecule has 0 aliphatic heterocycles. The minimum Gasteiger partial charge on any atom is -0.382 e. The molecule has 4 N–H and O–H groups in total. The summed E-state index contributed by atoms with van der Waals surface area (Å²) in [7, 11) is -3.31. The predicted octanol–water partition coefficient (Wildman–Crippen LogP) is 2.79. The number of ether oxygens (including phenoxy) is 1. The van der Waals surface area contributed by atoms with E-state index in [9.17, 15) is 4.57 Å². The number of anilines is 2. The van der Waals surface area contributed by atoms with Gasteiger partial charge in [0.15, 0.2) is 11.5 Å². The van der Waals surface area contributed by atoms with Crippen LogP contribution in [0.1, 0.15) is 40.5 Å². The van der Waals surface area contributed by atoms with Gasteiger partial charge in [-0.1, -0.05) is 0 Å². The summed E-state index contributed by atoms with van der Waals surface area (Å²) in [6.07, 6.45) is 3.17. The number of nitrogens with two attached hydrogens (primary N) is 2. The molecule has 10 nitrogen and oxygen atoms in total. The van der Waals surface area contributed by atoms with Crippen LogP contribution in [0.15, 0.2) is 6.33 Å². The standard InChI is InChI=1S/C17H29N6O4P/c1-11(2)26-28(24,27-12(3)4)10-25-8-17(5-6-17)7-23-9-20-13-14(18)21-16(19)22-15(13)23/h9,11-12H,5-8,10H2,1-4H3,(H4,18,19,21,22). The van der Waals surface area contributed by atoms with E-state index in [1.165, 1.54) is 0 Å². The Kier molecular flexibility index (Phi) is 5.95. The molecule has 0 spiro atoms. The molecule has 1 saturated carbocycles. The monoisotopic (exact) mass is 412 g/mol. The van der Waals surface area contributed by atoms with Gasteiger partial charge in [-0.3, -0.25) is 4.57 Å². The van der Waals surface area contributed by atoms with Crippen molar-refractivity contribution in [2.75, 3.05) is 24.4 Å². The van der Waals surface area contributed by atoms with Crippen molar-refractivity contribution in [1.29, 1.82) is 0 Å². The van der Waals surface area contributed by atoms with Crippen molar-refractivity contribution < 1.29 is 18.3 Å². The highest BCUT2D eigenvalue weighted by Gasteiger charge is 2.44. The van der Waals surface area contributed by atoms with Crippen LogP contribution >= 0.6 is 7.60 Å². The van der Waals surface area contributed by atoms with Crippen LogP contribution in [-0.2, 0) is 24.9 Å². The molecule has 1 fully saturated rings. The van der Waals surface area contributed by atoms with Crippen LogP contribution in [-0.4, -0.2) is 44.7 Å². The number of aromatic nitrogens is 4. The molecule has 28 heavy (non-hydrogen) atoms. The molecule has 0 amide bonds. The van der Waals surface area contributed by atoms with Crippen molar-refractivity contribution in [2.24, 2.45) is 5.41 Å². The largest absolute Gasteiger partial charge is 0.382 e. The summed E-state index contributed by atoms with van der Waals surface area (Å²) in [5.74, 6) is 0.380. The molecule has 0 saturated heterocycles. The fourth-order valence-corrected chi connectivity index (χ4v) is 4.86. The van der Waals surface area contributed by atoms with Crippen LogP contribution in [0.5, 0.6) is 0 Å². The van der Waals surface area contributed by atoms with Crippen molar-refractivity contribution in [1.82, 2.24) is 19.5 Å². The lowest BCUT2D eigenvalue weighted by Gasteiger charge is -2.24. The Balaban J connectivity index is 1.64. The van der Waals surface area contributed by atoms with Crippen LogP contribution in [0.25, 0.3) is 11.2 Å². The quantitative estimate of drug-likeness (QED) is 0.563. The van der Waals surface area contributed by atoms with E-state index in [1.54, 1.807) is 6.33 Å². The first kappa shape index (κ1) is 21.0. The van der Waals surface area contributed by atoms with E-state index in [2.05, 4.69) is 15.0 Å². The van der Waals surface area contributed by atoms with Gasteiger partial charge in [0.05, 0.1) is 25.1 Å². The Hall–Kier alpha value is -1.74. The molecule has 11 heteroatoms. The minimum atomic E-state index is -3.31. The van der Waals surface area contributed by atoms with Crippen molar-refractivity contribution in [3.63, 3.8) is 0 Å². The maximum absolute atomic E-state index is 12.9. The van der Waals surface area contributed by atoms with Crippen molar-refractivity contribution in [3.8, 4) is 0 Å². The minimum absolute atomic E-state index is 0.0669. The molecule has 0 atom stereocenters. The first-order chi connectivity index (χ1) is 13.1. The van der Waals surface area contributed by atoms with Gasteiger partial charge in [-0.05, 0) is 40.5 Å². The molecule has 1 aliphatic carbocycles. The molecule has 2 heterocycles. The summed E-state index contributed by atoms with van der Waals surface area (Å²) in [6.45, 7) is 8.38. The summed E-state index contributed by atoms with van der Waals surface area (Å²) in [4.78, 5) is 12.5. The number of nitrogen functional groups attached to an aromatic ring is 2. The average molecular weight is 412 g/mol. The Morgan fingerprint density at radius 2 is 1.82 bits per heavy atom. The first-order valence-corrected chi connectivity index (χ1v) is 11.1. The third-order valence-corrected chi connectivity index (χ3v) is 6.36. The summed E-state index contributed by atoms with van der Waals surface area (Å²) in [5, 5.41) is 0. The zero-order chi connectivity index (χ0) is 20.5. The van der Waals surface area contributed by atoms with Crippen molar-refractivity contribution in [2.45, 2.75) is 59.3 Å². The maximum atomic E-state index is 12.9. The van der Waals surface area contributed by atoms with Gasteiger partial charge < -0.3 is 29.8 Å². The molecule has 0 unspecified atom stereocenters. The topological polar surface area (TPSA) is 140 Å². The predicted molar refractivity (Wildman–Crippen MR) is 107 cm³/mol. The van der Waals surface area contributed by atoms with Gasteiger partial charge in [0.25, 0.3) is 0 Å². The first-order valence-electron chi connectivity index (χ1n) is 9.39. The third-order valence-electron chi connectivity index (χ3n) is 4.37. The molecule has 3 rings (SSSR count). The molecule has 0 bridgehead atoms. The zero-order valence-electron chi connectivity index (χ0n) is 16.8. The molecule has 2 aromatic rings. The van der Waals surface area contributed by atoms with Gasteiger partial charge in [-0.2, -0.15) is 9.97 Å². The lowest BCUT2D eigenvalue weighted by molar-refractivity contribution is 0.0750. The maximum Gasteiger partial charge on any atom is 0.356 e. The molecule has 156 valence electrons. The van der Waals surface area contributed by atoms with Gasteiger partial charge >= 0.3 is 7.60 Å². The number of nitrogens with zero attached hydrogens (tertiary/aromatic N) is 4. The van der Waals surface area contributed by atoms with E-state index in [-0.39, 0.29) is 35.7 Å². The number of hydrogen-bond donors (Lipinski definition) is 2. The van der Waals surface area contributed by atoms with Gasteiger partial charge in [-0.25, -0.2) is 4.98 Å². The zero-order valence-corrected chi connectivity index (χ0v) is 17.7. The molecule has 1 aliphatic rings. The van der Waals surface area contributed by atoms with Crippen LogP contribution < -0.4 is 11.5 Å². The average Bonchev–Trinajstić information content (AvgIpc) is 3.18. The number of rotatable bonds is 10. The van der Waals surface area contributed by atoms with E-state index in [0.29, 0.717) is 24.3 Å². The van der Waals surface area contributed by atoms with E-state index in [1.807, 2.05) is 32.3 Å². The van der Waals surface area contributed by atoms with Crippen molar-refractivity contribution >= 4 is 30.5 Å². The summed E-state index contributed by atoms with van der Waals surface area (Å²) < 4.78 is 31.6. The van der Waals surface area contributed by atoms with Crippen LogP contribution in [0.2, 0.25) is 0 Å². The van der Waals surface area contributed by atoms with E-state index in [0.717, 1.165) is 12.8 Å². The lowest BCUT2D eigenvalue weighted by Crippen LogP contribution is -2.20. The summed E-state index contributed by atoms with van der Waals surface area (Å²) >= 11 is 0. The van der Waals surface area contributed by atoms with Crippen LogP contribution in [0, 0.1) is 5.41 Å². The normalized spacial score (nSPS) is 16.4. The second kappa shape index (κ2) is 7.94. The van der Waals surface area contributed by atoms with E-state index < -0.39 is 7.60 Å². The highest BCUT2D eigenvalue weighted by atomic mass is 31.2. The van der Waals surface area contributed by atoms with Crippen molar-refractivity contribution in [3.05, 3.63) is 6.33 Å². The van der Waals surface area contributed by atoms with Gasteiger partial charge in [0.2, 0.25) is 5.95 Å². The molecular weight excluding hydrogens is 383 g/mol. The fraction of sp³-hybridized carbons (Fsp3) is 0.706. The SMILES string of the molecule is CC(C)OP(=O)(COCC1(Cn2cnc3c(N)nc(N)nc32)CC1)OC(C)C. The fourth-order valence-electron chi connectivity index (χ4n) is 3.09. The second-order valence-electron chi connectivity index (χ2n) is 7.91. The summed E-state index contributed by atoms with van der Waals surface area (Å²) in [5.41, 5.74) is 12.7. The Morgan fingerprint density at radius 3 is 2.39 bits per heavy atom. The third kappa shape index (κ3) is 5.00. The number of fused-ring (bicyclic) bond motifs is 1. The second-order valence-corrected chi connectivity index (χ2v) is 9.81. The van der Waals surface area contributed by atoms with Gasteiger partial charge in [-0.15, -0.1) is 0 Å². The highest BCUT2D eigenvalue weighted by Crippen LogP contribution is 2.52. The lowest BCUT2D eigenvalue weighted by atomic mass is 10.1. The number of imidazole rings is 1. The molecule has 2 aromatic heterocycles. The van der Waals surface area contributed by atoms with Crippen LogP contribution in [0.4, 0.5) is 11.8 Å². The molecule has 0 radical (unpaired) electrons. The Morgan fingerprint density at radius 1 is 1.18 bits per heavy atom. The van der Waals surface area contributed by atoms with Gasteiger partial charge in [0, 0.05) is 12.0 Å². The molecule has 0 aromatic carbocycles. The summed E-state index contributed by atoms with van der Waals surface area (Å²) in [6, 6.07) is 0. The highest BCUT2D eigenvalue weighted by molar-refractivity contribution is 7.53. The van der Waals surface area contributed by atoms with E-state index in [4.69, 9.17) is 25.3 Å². The Bertz CT molecular complexity index is 866. The molecular formula is C17H29N6O4P. The van der Waals surface area contributed by atoms with Gasteiger partial charge in [0.1, 0.15) is 11.9 Å². The van der Waals surface area contributed by atoms with Crippen LogP contribution in [0.3, 0.4) is 0 Å². The van der Waals surface area contributed by atoms with E-state index >= 15 is 0 Å². The smallest absolute Gasteiger partial charge is 0.356 e. The number of hydrogen-bond acceptors (Lipinski definition) is 9.